The van der Waals surface area contributed by atoms with Gasteiger partial charge in [0.2, 0.25) is 0 Å². The van der Waals surface area contributed by atoms with Gasteiger partial charge in [-0.15, -0.1) is 12.4 Å². The summed E-state index contributed by atoms with van der Waals surface area (Å²) < 4.78 is 0. The van der Waals surface area contributed by atoms with Crippen LogP contribution >= 0.6 is 35.6 Å². The monoisotopic (exact) mass is 972 g/mol. The minimum atomic E-state index is -0.951. The topological polar surface area (TPSA) is 222 Å². The van der Waals surface area contributed by atoms with Crippen LogP contribution < -0.4 is 22.5 Å². The minimum absolute atomic E-state index is 0. The van der Waals surface area contributed by atoms with E-state index >= 15 is 0 Å². The lowest BCUT2D eigenvalue weighted by molar-refractivity contribution is 0.0696. The van der Waals surface area contributed by atoms with Gasteiger partial charge in [-0.3, -0.25) is 24.7 Å². The van der Waals surface area contributed by atoms with E-state index in [0.29, 0.717) is 70.7 Å². The molecule has 13 nitrogen and oxygen atoms in total. The van der Waals surface area contributed by atoms with Crippen LogP contribution in [-0.4, -0.2) is 46.9 Å². The number of hydrogen-bond donors (Lipinski definition) is 5. The molecule has 0 aliphatic heterocycles. The van der Waals surface area contributed by atoms with Crippen molar-refractivity contribution >= 4 is 80.9 Å². The number of benzene rings is 2. The van der Waals surface area contributed by atoms with Crippen LogP contribution in [0.2, 0.25) is 10.0 Å². The molecule has 2 saturated carbocycles. The van der Waals surface area contributed by atoms with Crippen molar-refractivity contribution in [3.63, 3.8) is 0 Å². The number of hydrogen-bond acceptors (Lipinski definition) is 11. The van der Waals surface area contributed by atoms with E-state index in [4.69, 9.17) is 45.5 Å². The lowest BCUT2D eigenvalue weighted by Crippen LogP contribution is -2.24. The average Bonchev–Trinajstić information content (AvgIpc) is 4.24. The molecule has 6 heterocycles. The zero-order chi connectivity index (χ0) is 45.5. The Morgan fingerprint density at radius 1 is 0.618 bits per heavy atom. The van der Waals surface area contributed by atoms with Gasteiger partial charge in [-0.05, 0) is 121 Å². The number of nitrogen functional groups attached to an aromatic ring is 2. The molecule has 2 fully saturated rings. The Labute approximate surface area is 412 Å². The third kappa shape index (κ3) is 13.9. The maximum Gasteiger partial charge on any atom is 0.335 e. The standard InChI is InChI=1S/C25H22ClN5O.C16H11ClN2O2.C9H13N3.2CH4.ClH/c26-20-11-19-9-15(1-5-22(19)29-14-20)10-21-12-17(7-8-28-21)25(32)30-13-18-4-6-23(27)31-24(18)16-2-3-16;17-13-7-12-5-10(1-2-15(12)19-9-13)6-14-8-11(16(20)21)3-4-18-14;10-5-7-3-4-8(11)12-9(7)6-1-2-6;;;/h1,4-9,11-12,14,16H,2-3,10,13H2,(H2,27,31)(H,30,32);1-5,7-9H,6H2,(H,20,21);3-4,6H,1-2,5,10H2,(H2,11,12);2*1H4;1H. The van der Waals surface area contributed by atoms with Crippen molar-refractivity contribution in [2.24, 2.45) is 5.73 Å². The normalized spacial score (nSPS) is 12.5. The molecule has 0 unspecified atom stereocenters. The van der Waals surface area contributed by atoms with Crippen LogP contribution in [-0.2, 0) is 25.9 Å². The molecule has 10 rings (SSSR count). The number of nitrogens with zero attached hydrogens (tertiary/aromatic N) is 6. The summed E-state index contributed by atoms with van der Waals surface area (Å²) in [6.07, 6.45) is 12.3. The van der Waals surface area contributed by atoms with Gasteiger partial charge in [-0.25, -0.2) is 14.8 Å². The summed E-state index contributed by atoms with van der Waals surface area (Å²) in [5.41, 5.74) is 27.5. The van der Waals surface area contributed by atoms with Crippen LogP contribution in [0.1, 0.15) is 118 Å². The molecule has 8 N–H and O–H groups in total. The number of nitrogens with one attached hydrogen (secondary N) is 1. The van der Waals surface area contributed by atoms with Crippen LogP contribution in [0.25, 0.3) is 21.8 Å². The van der Waals surface area contributed by atoms with E-state index in [1.807, 2.05) is 66.7 Å². The van der Waals surface area contributed by atoms with Crippen molar-refractivity contribution in [2.75, 3.05) is 11.5 Å². The predicted octanol–water partition coefficient (Wildman–Crippen LogP) is 10.9. The highest BCUT2D eigenvalue weighted by atomic mass is 35.5. The Morgan fingerprint density at radius 2 is 1.09 bits per heavy atom. The predicted molar refractivity (Wildman–Crippen MR) is 276 cm³/mol. The molecule has 0 radical (unpaired) electrons. The second kappa shape index (κ2) is 23.8. The van der Waals surface area contributed by atoms with E-state index in [-0.39, 0.29) is 38.7 Å². The fourth-order valence-electron chi connectivity index (χ4n) is 7.43. The van der Waals surface area contributed by atoms with Crippen LogP contribution in [0.15, 0.2) is 122 Å². The summed E-state index contributed by atoms with van der Waals surface area (Å²) in [4.78, 5) is 49.8. The molecule has 0 bridgehead atoms. The first kappa shape index (κ1) is 52.2. The highest BCUT2D eigenvalue weighted by Gasteiger charge is 2.28. The number of pyridine rings is 6. The second-order valence-electron chi connectivity index (χ2n) is 16.1. The molecule has 2 aliphatic carbocycles. The number of carboxylic acid groups (broad SMARTS) is 1. The molecule has 0 saturated heterocycles. The number of rotatable bonds is 11. The van der Waals surface area contributed by atoms with Gasteiger partial charge in [0, 0.05) is 90.3 Å². The minimum Gasteiger partial charge on any atom is -0.478 e. The van der Waals surface area contributed by atoms with Gasteiger partial charge in [-0.1, -0.05) is 62.3 Å². The van der Waals surface area contributed by atoms with Crippen molar-refractivity contribution in [3.05, 3.63) is 188 Å². The van der Waals surface area contributed by atoms with Crippen molar-refractivity contribution in [1.29, 1.82) is 0 Å². The third-order valence-corrected chi connectivity index (χ3v) is 11.4. The molecular formula is C52H55Cl3N10O3. The molecule has 8 aromatic rings. The van der Waals surface area contributed by atoms with E-state index < -0.39 is 5.97 Å². The molecule has 2 aromatic carbocycles. The van der Waals surface area contributed by atoms with Gasteiger partial charge in [0.05, 0.1) is 38.0 Å². The smallest absolute Gasteiger partial charge is 0.335 e. The van der Waals surface area contributed by atoms with Gasteiger partial charge in [0.15, 0.2) is 0 Å². The van der Waals surface area contributed by atoms with Gasteiger partial charge in [0.25, 0.3) is 5.91 Å². The highest BCUT2D eigenvalue weighted by Crippen LogP contribution is 2.41. The fourth-order valence-corrected chi connectivity index (χ4v) is 7.76. The van der Waals surface area contributed by atoms with Crippen LogP contribution in [0.4, 0.5) is 11.6 Å². The summed E-state index contributed by atoms with van der Waals surface area (Å²) in [7, 11) is 0. The molecule has 1 amide bonds. The van der Waals surface area contributed by atoms with Crippen molar-refractivity contribution in [1.82, 2.24) is 35.2 Å². The Morgan fingerprint density at radius 3 is 1.57 bits per heavy atom. The maximum absolute atomic E-state index is 12.8. The summed E-state index contributed by atoms with van der Waals surface area (Å²) >= 11 is 12.0. The average molecular weight is 974 g/mol. The number of halogens is 3. The number of carbonyl (C=O) groups is 2. The number of nitrogens with two attached hydrogens (primary N) is 3. The summed E-state index contributed by atoms with van der Waals surface area (Å²) in [6, 6.07) is 29.8. The molecule has 0 spiro atoms. The number of carbonyl (C=O) groups excluding carboxylic acids is 1. The zero-order valence-corrected chi connectivity index (χ0v) is 38.0. The molecule has 6 aromatic heterocycles. The Hall–Kier alpha value is -6.77. The largest absolute Gasteiger partial charge is 0.478 e. The molecule has 16 heteroatoms. The van der Waals surface area contributed by atoms with Crippen molar-refractivity contribution in [2.45, 2.75) is 78.3 Å². The van der Waals surface area contributed by atoms with Crippen LogP contribution in [0.3, 0.4) is 0 Å². The first-order valence-corrected chi connectivity index (χ1v) is 21.9. The fraction of sp³-hybridized carbons (Fsp3) is 0.231. The number of anilines is 2. The second-order valence-corrected chi connectivity index (χ2v) is 17.0. The van der Waals surface area contributed by atoms with Gasteiger partial charge < -0.3 is 27.6 Å². The Bertz CT molecular complexity index is 3040. The molecule has 2 aliphatic rings. The van der Waals surface area contributed by atoms with E-state index in [0.717, 1.165) is 74.0 Å². The zero-order valence-electron chi connectivity index (χ0n) is 35.7. The van der Waals surface area contributed by atoms with Gasteiger partial charge in [-0.2, -0.15) is 0 Å². The highest BCUT2D eigenvalue weighted by molar-refractivity contribution is 6.31. The Kier molecular flexibility index (Phi) is 18.3. The number of amides is 1. The number of fused-ring (bicyclic) bond motifs is 2. The first-order chi connectivity index (χ1) is 31.5. The van der Waals surface area contributed by atoms with Crippen LogP contribution in [0.5, 0.6) is 0 Å². The van der Waals surface area contributed by atoms with E-state index in [9.17, 15) is 9.59 Å². The number of aromatic nitrogens is 6. The van der Waals surface area contributed by atoms with Crippen molar-refractivity contribution < 1.29 is 14.7 Å². The summed E-state index contributed by atoms with van der Waals surface area (Å²) in [6.45, 7) is 0.993. The molecule has 0 atom stereocenters. The maximum atomic E-state index is 12.8. The van der Waals surface area contributed by atoms with E-state index in [2.05, 4.69) is 41.3 Å². The quantitative estimate of drug-likeness (QED) is 0.0817. The Balaban J connectivity index is 0.000000207. The SMILES string of the molecule is C.C.Cl.NCc1ccc(N)nc1C1CC1.Nc1ccc(CNC(=O)c2ccnc(Cc3ccc4ncc(Cl)cc4c3)c2)c(C2CC2)n1.O=C(O)c1ccnc(Cc2ccc3ncc(Cl)cc3c2)c1. The molecule has 352 valence electrons. The lowest BCUT2D eigenvalue weighted by Gasteiger charge is -2.11. The first-order valence-electron chi connectivity index (χ1n) is 21.2. The summed E-state index contributed by atoms with van der Waals surface area (Å²) in [5, 5.41) is 15.1. The van der Waals surface area contributed by atoms with Crippen molar-refractivity contribution in [3.8, 4) is 0 Å². The van der Waals surface area contributed by atoms with E-state index in [1.165, 1.54) is 25.1 Å². The third-order valence-electron chi connectivity index (χ3n) is 11.0. The molecule has 68 heavy (non-hydrogen) atoms. The number of carboxylic acids is 1. The van der Waals surface area contributed by atoms with E-state index in [1.54, 1.807) is 36.8 Å². The van der Waals surface area contributed by atoms with Crippen LogP contribution in [0, 0.1) is 0 Å². The van der Waals surface area contributed by atoms with Gasteiger partial charge in [0.1, 0.15) is 11.6 Å². The lowest BCUT2D eigenvalue weighted by atomic mass is 10.0. The molecular weight excluding hydrogens is 919 g/mol. The number of aromatic carboxylic acids is 1. The van der Waals surface area contributed by atoms with Gasteiger partial charge >= 0.3 is 5.97 Å². The summed E-state index contributed by atoms with van der Waals surface area (Å²) in [5.74, 6) is 1.13.